The van der Waals surface area contributed by atoms with Gasteiger partial charge in [0.25, 0.3) is 5.91 Å². The Balaban J connectivity index is 1.29. The normalized spacial score (nSPS) is 20.9. The lowest BCUT2D eigenvalue weighted by atomic mass is 9.92. The fraction of sp³-hybridized carbons (Fsp3) is 0.667. The summed E-state index contributed by atoms with van der Waals surface area (Å²) >= 11 is 0. The largest absolute Gasteiger partial charge is 0.465 e. The van der Waals surface area contributed by atoms with Gasteiger partial charge in [-0.15, -0.1) is 10.2 Å². The minimum Gasteiger partial charge on any atom is -0.465 e. The Kier molecular flexibility index (Phi) is 4.50. The molecule has 0 saturated carbocycles. The number of aromatic nitrogens is 3. The Morgan fingerprint density at radius 2 is 1.86 bits per heavy atom. The van der Waals surface area contributed by atoms with Crippen molar-refractivity contribution in [3.63, 3.8) is 0 Å². The van der Waals surface area contributed by atoms with Crippen LogP contribution >= 0.6 is 0 Å². The van der Waals surface area contributed by atoms with E-state index in [2.05, 4.69) is 26.7 Å². The summed E-state index contributed by atoms with van der Waals surface area (Å²) in [6.07, 6.45) is 6.18. The van der Waals surface area contributed by atoms with Gasteiger partial charge in [-0.25, -0.2) is 0 Å². The maximum atomic E-state index is 13.2. The summed E-state index contributed by atoms with van der Waals surface area (Å²) < 4.78 is 8.23. The fourth-order valence-corrected chi connectivity index (χ4v) is 5.08. The van der Waals surface area contributed by atoms with E-state index in [1.54, 1.807) is 0 Å². The van der Waals surface area contributed by atoms with E-state index in [1.807, 2.05) is 11.8 Å². The molecule has 2 aromatic rings. The molecule has 28 heavy (non-hydrogen) atoms. The first-order chi connectivity index (χ1) is 13.6. The second-order valence-corrected chi connectivity index (χ2v) is 8.57. The SMILES string of the molecule is Cc1oc2c(c1C(=O)N1CCC(c3nnc4n3CCN(C)C4)CC1)CCCC2. The highest BCUT2D eigenvalue weighted by Gasteiger charge is 2.33. The third-order valence-corrected chi connectivity index (χ3v) is 6.68. The van der Waals surface area contributed by atoms with E-state index in [0.29, 0.717) is 5.92 Å². The lowest BCUT2D eigenvalue weighted by Crippen LogP contribution is -2.39. The van der Waals surface area contributed by atoms with Gasteiger partial charge >= 0.3 is 0 Å². The number of likely N-dealkylation sites (tertiary alicyclic amines) is 1. The molecule has 1 amide bonds. The van der Waals surface area contributed by atoms with Crippen molar-refractivity contribution in [2.75, 3.05) is 26.7 Å². The molecule has 0 unspecified atom stereocenters. The minimum absolute atomic E-state index is 0.160. The molecule has 7 nitrogen and oxygen atoms in total. The Morgan fingerprint density at radius 3 is 2.68 bits per heavy atom. The molecule has 0 atom stereocenters. The van der Waals surface area contributed by atoms with Crippen molar-refractivity contribution < 1.29 is 9.21 Å². The quantitative estimate of drug-likeness (QED) is 0.797. The van der Waals surface area contributed by atoms with E-state index >= 15 is 0 Å². The highest BCUT2D eigenvalue weighted by molar-refractivity contribution is 5.97. The summed E-state index contributed by atoms with van der Waals surface area (Å²) in [5.41, 5.74) is 2.02. The van der Waals surface area contributed by atoms with E-state index < -0.39 is 0 Å². The highest BCUT2D eigenvalue weighted by Crippen LogP contribution is 2.33. The number of carbonyl (C=O) groups is 1. The molecule has 0 N–H and O–H groups in total. The first-order valence-corrected chi connectivity index (χ1v) is 10.6. The number of hydrogen-bond donors (Lipinski definition) is 0. The molecular formula is C21H29N5O2. The van der Waals surface area contributed by atoms with Crippen LogP contribution in [0.5, 0.6) is 0 Å². The van der Waals surface area contributed by atoms with Crippen LogP contribution in [0.4, 0.5) is 0 Å². The molecule has 150 valence electrons. The Labute approximate surface area is 165 Å². The van der Waals surface area contributed by atoms with Crippen LogP contribution in [0, 0.1) is 6.92 Å². The van der Waals surface area contributed by atoms with Crippen molar-refractivity contribution in [3.8, 4) is 0 Å². The highest BCUT2D eigenvalue weighted by atomic mass is 16.3. The van der Waals surface area contributed by atoms with Gasteiger partial charge in [0, 0.05) is 44.1 Å². The van der Waals surface area contributed by atoms with Crippen LogP contribution in [0.15, 0.2) is 4.42 Å². The predicted molar refractivity (Wildman–Crippen MR) is 104 cm³/mol. The molecule has 1 fully saturated rings. The van der Waals surface area contributed by atoms with Crippen molar-refractivity contribution in [1.82, 2.24) is 24.6 Å². The van der Waals surface area contributed by atoms with Crippen LogP contribution in [0.3, 0.4) is 0 Å². The second kappa shape index (κ2) is 7.03. The van der Waals surface area contributed by atoms with Crippen LogP contribution in [-0.4, -0.2) is 57.2 Å². The lowest BCUT2D eigenvalue weighted by Gasteiger charge is -2.33. The summed E-state index contributed by atoms with van der Waals surface area (Å²) in [6.45, 7) is 6.39. The van der Waals surface area contributed by atoms with E-state index in [9.17, 15) is 4.79 Å². The van der Waals surface area contributed by atoms with E-state index in [4.69, 9.17) is 4.42 Å². The molecule has 0 bridgehead atoms. The van der Waals surface area contributed by atoms with Crippen molar-refractivity contribution in [2.24, 2.45) is 0 Å². The summed E-state index contributed by atoms with van der Waals surface area (Å²) in [4.78, 5) is 17.5. The van der Waals surface area contributed by atoms with Gasteiger partial charge in [-0.05, 0) is 46.1 Å². The zero-order chi connectivity index (χ0) is 19.3. The number of carbonyl (C=O) groups excluding carboxylic acids is 1. The van der Waals surface area contributed by atoms with Crippen LogP contribution in [0.2, 0.25) is 0 Å². The Morgan fingerprint density at radius 1 is 1.07 bits per heavy atom. The van der Waals surface area contributed by atoms with Crippen molar-refractivity contribution >= 4 is 5.91 Å². The standard InChI is InChI=1S/C21H29N5O2/c1-14-19(16-5-3-4-6-17(16)28-14)21(27)25-9-7-15(8-10-25)20-23-22-18-13-24(2)11-12-26(18)20/h15H,3-13H2,1-2H3. The molecule has 7 heteroatoms. The van der Waals surface area contributed by atoms with E-state index in [0.717, 1.165) is 100.0 Å². The summed E-state index contributed by atoms with van der Waals surface area (Å²) in [5.74, 6) is 4.59. The van der Waals surface area contributed by atoms with Crippen LogP contribution in [-0.2, 0) is 25.9 Å². The zero-order valence-corrected chi connectivity index (χ0v) is 16.9. The van der Waals surface area contributed by atoms with Crippen molar-refractivity contribution in [1.29, 1.82) is 0 Å². The molecule has 3 aliphatic rings. The molecule has 0 radical (unpaired) electrons. The van der Waals surface area contributed by atoms with Gasteiger partial charge in [0.05, 0.1) is 12.1 Å². The predicted octanol–water partition coefficient (Wildman–Crippen LogP) is 2.52. The van der Waals surface area contributed by atoms with Gasteiger partial charge < -0.3 is 13.9 Å². The average Bonchev–Trinajstić information content (AvgIpc) is 3.27. The molecular weight excluding hydrogens is 354 g/mol. The van der Waals surface area contributed by atoms with Gasteiger partial charge in [-0.3, -0.25) is 9.69 Å². The molecule has 1 aliphatic carbocycles. The third kappa shape index (κ3) is 2.96. The van der Waals surface area contributed by atoms with Crippen LogP contribution < -0.4 is 0 Å². The molecule has 4 heterocycles. The Bertz CT molecular complexity index is 891. The smallest absolute Gasteiger partial charge is 0.257 e. The van der Waals surface area contributed by atoms with Crippen molar-refractivity contribution in [2.45, 2.75) is 64.5 Å². The second-order valence-electron chi connectivity index (χ2n) is 8.57. The molecule has 2 aromatic heterocycles. The summed E-state index contributed by atoms with van der Waals surface area (Å²) in [5, 5.41) is 8.93. The minimum atomic E-state index is 0.160. The maximum Gasteiger partial charge on any atom is 0.257 e. The number of furan rings is 1. The van der Waals surface area contributed by atoms with Gasteiger partial charge in [0.15, 0.2) is 0 Å². The van der Waals surface area contributed by atoms with Crippen molar-refractivity contribution in [3.05, 3.63) is 34.3 Å². The number of piperidine rings is 1. The molecule has 5 rings (SSSR count). The Hall–Kier alpha value is -2.15. The molecule has 2 aliphatic heterocycles. The fourth-order valence-electron chi connectivity index (χ4n) is 5.08. The summed E-state index contributed by atoms with van der Waals surface area (Å²) in [6, 6.07) is 0. The van der Waals surface area contributed by atoms with Gasteiger partial charge in [-0.1, -0.05) is 0 Å². The first kappa shape index (κ1) is 17.9. The van der Waals surface area contributed by atoms with Crippen LogP contribution in [0.1, 0.15) is 70.7 Å². The van der Waals surface area contributed by atoms with Gasteiger partial charge in [0.2, 0.25) is 0 Å². The average molecular weight is 383 g/mol. The third-order valence-electron chi connectivity index (χ3n) is 6.68. The lowest BCUT2D eigenvalue weighted by molar-refractivity contribution is 0.0707. The number of amides is 1. The number of rotatable bonds is 2. The molecule has 0 aromatic carbocycles. The molecule has 0 spiro atoms. The van der Waals surface area contributed by atoms with E-state index in [1.165, 1.54) is 5.56 Å². The first-order valence-electron chi connectivity index (χ1n) is 10.6. The number of hydrogen-bond acceptors (Lipinski definition) is 5. The number of nitrogens with zero attached hydrogens (tertiary/aromatic N) is 5. The maximum absolute atomic E-state index is 13.2. The van der Waals surface area contributed by atoms with Gasteiger partial charge in [0.1, 0.15) is 23.2 Å². The summed E-state index contributed by atoms with van der Waals surface area (Å²) in [7, 11) is 2.12. The zero-order valence-electron chi connectivity index (χ0n) is 16.9. The molecule has 1 saturated heterocycles. The number of likely N-dealkylation sites (N-methyl/N-ethyl adjacent to an activating group) is 1. The number of aryl methyl sites for hydroxylation is 2. The number of fused-ring (bicyclic) bond motifs is 2. The monoisotopic (exact) mass is 383 g/mol. The van der Waals surface area contributed by atoms with Gasteiger partial charge in [-0.2, -0.15) is 0 Å². The van der Waals surface area contributed by atoms with Crippen LogP contribution in [0.25, 0.3) is 0 Å². The topological polar surface area (TPSA) is 67.4 Å². The van der Waals surface area contributed by atoms with E-state index in [-0.39, 0.29) is 5.91 Å².